The van der Waals surface area contributed by atoms with Gasteiger partial charge in [0.15, 0.2) is 0 Å². The average molecular weight is 234 g/mol. The molecule has 14 heavy (non-hydrogen) atoms. The molecule has 0 aliphatic heterocycles. The predicted molar refractivity (Wildman–Crippen MR) is 73.0 cm³/mol. The third-order valence-electron chi connectivity index (χ3n) is 2.78. The zero-order chi connectivity index (χ0) is 11.6. The smallest absolute Gasteiger partial charge is 0.0171 e. The first-order valence-corrected chi connectivity index (χ1v) is 7.65. The fourth-order valence-electron chi connectivity index (χ4n) is 0.455. The van der Waals surface area contributed by atoms with Crippen LogP contribution in [0.2, 0.25) is 0 Å². The number of hydrogen-bond acceptors (Lipinski definition) is 2. The van der Waals surface area contributed by atoms with Crippen LogP contribution in [0.5, 0.6) is 0 Å². The largest absolute Gasteiger partial charge is 0.0902 e. The Morgan fingerprint density at radius 2 is 0.857 bits per heavy atom. The molecule has 86 valence electrons. The first-order chi connectivity index (χ1) is 6.05. The molecule has 0 fully saturated rings. The summed E-state index contributed by atoms with van der Waals surface area (Å²) in [7, 11) is 4.07. The van der Waals surface area contributed by atoms with Gasteiger partial charge in [-0.3, -0.25) is 0 Å². The lowest BCUT2D eigenvalue weighted by molar-refractivity contribution is 0.409. The van der Waals surface area contributed by atoms with Crippen molar-refractivity contribution in [1.29, 1.82) is 0 Å². The second kappa shape index (κ2) is 5.16. The van der Waals surface area contributed by atoms with Gasteiger partial charge >= 0.3 is 0 Å². The Hall–Kier alpha value is 0.700. The molecule has 0 unspecified atom stereocenters. The van der Waals surface area contributed by atoms with Crippen molar-refractivity contribution >= 4 is 21.6 Å². The summed E-state index contributed by atoms with van der Waals surface area (Å²) >= 11 is 0. The van der Waals surface area contributed by atoms with Crippen LogP contribution in [0.15, 0.2) is 0 Å². The molecule has 0 spiro atoms. The molecule has 0 N–H and O–H groups in total. The highest BCUT2D eigenvalue weighted by atomic mass is 33.1. The van der Waals surface area contributed by atoms with Gasteiger partial charge in [-0.1, -0.05) is 77.0 Å². The van der Waals surface area contributed by atoms with Crippen molar-refractivity contribution in [3.63, 3.8) is 0 Å². The summed E-state index contributed by atoms with van der Waals surface area (Å²) in [5, 5.41) is 1.41. The van der Waals surface area contributed by atoms with Crippen LogP contribution in [0.25, 0.3) is 0 Å². The maximum atomic E-state index is 2.33. The Morgan fingerprint density at radius 3 is 1.00 bits per heavy atom. The first-order valence-electron chi connectivity index (χ1n) is 5.37. The molecule has 2 heteroatoms. The van der Waals surface area contributed by atoms with Crippen LogP contribution in [-0.4, -0.2) is 10.5 Å². The minimum absolute atomic E-state index is 0.412. The van der Waals surface area contributed by atoms with E-state index in [0.29, 0.717) is 21.3 Å². The quantitative estimate of drug-likeness (QED) is 0.613. The van der Waals surface area contributed by atoms with Crippen molar-refractivity contribution in [3.05, 3.63) is 0 Å². The monoisotopic (exact) mass is 234 g/mol. The summed E-state index contributed by atoms with van der Waals surface area (Å²) in [4.78, 5) is 0. The van der Waals surface area contributed by atoms with Gasteiger partial charge in [0.05, 0.1) is 0 Å². The summed E-state index contributed by atoms with van der Waals surface area (Å²) in [5.74, 6) is 0. The van der Waals surface area contributed by atoms with E-state index < -0.39 is 0 Å². The van der Waals surface area contributed by atoms with E-state index >= 15 is 0 Å². The highest BCUT2D eigenvalue weighted by Crippen LogP contribution is 2.43. The van der Waals surface area contributed by atoms with Crippen LogP contribution in [-0.2, 0) is 0 Å². The average Bonchev–Trinajstić information content (AvgIpc) is 1.95. The second-order valence-electron chi connectivity index (χ2n) is 6.21. The summed E-state index contributed by atoms with van der Waals surface area (Å²) in [6, 6.07) is 0. The molecular formula is C12H26S2. The van der Waals surface area contributed by atoms with Gasteiger partial charge < -0.3 is 0 Å². The standard InChI is InChI=1S/C12H26S2/c1-9(11(3,4)5)13-14-10(2)12(6,7)8/h9-10H,1-8H3/t9-,10-/m1/s1. The SMILES string of the molecule is C[C@@H](SS[C@H](C)C(C)(C)C)C(C)(C)C. The molecule has 2 atom stereocenters. The molecule has 0 aromatic heterocycles. The Labute approximate surface area is 98.4 Å². The lowest BCUT2D eigenvalue weighted by Crippen LogP contribution is -2.22. The maximum Gasteiger partial charge on any atom is 0.0171 e. The van der Waals surface area contributed by atoms with Crippen molar-refractivity contribution in [2.75, 3.05) is 0 Å². The van der Waals surface area contributed by atoms with Crippen molar-refractivity contribution in [2.24, 2.45) is 10.8 Å². The van der Waals surface area contributed by atoms with Gasteiger partial charge in [-0.25, -0.2) is 0 Å². The Balaban J connectivity index is 3.96. The predicted octanol–water partition coefficient (Wildman–Crippen LogP) is 5.24. The Morgan fingerprint density at radius 1 is 0.643 bits per heavy atom. The Kier molecular flexibility index (Phi) is 5.41. The van der Waals surface area contributed by atoms with Gasteiger partial charge in [0, 0.05) is 10.5 Å². The topological polar surface area (TPSA) is 0 Å². The minimum Gasteiger partial charge on any atom is -0.0902 e. The summed E-state index contributed by atoms with van der Waals surface area (Å²) in [5.41, 5.74) is 0.824. The third kappa shape index (κ3) is 5.55. The van der Waals surface area contributed by atoms with E-state index in [4.69, 9.17) is 0 Å². The van der Waals surface area contributed by atoms with Crippen molar-refractivity contribution in [2.45, 2.75) is 65.9 Å². The van der Waals surface area contributed by atoms with Crippen LogP contribution < -0.4 is 0 Å². The fraction of sp³-hybridized carbons (Fsp3) is 1.00. The van der Waals surface area contributed by atoms with Crippen molar-refractivity contribution in [1.82, 2.24) is 0 Å². The van der Waals surface area contributed by atoms with Gasteiger partial charge in [0.2, 0.25) is 0 Å². The number of hydrogen-bond donors (Lipinski definition) is 0. The lowest BCUT2D eigenvalue weighted by Gasteiger charge is -2.31. The summed E-state index contributed by atoms with van der Waals surface area (Å²) in [6.45, 7) is 18.5. The van der Waals surface area contributed by atoms with Crippen molar-refractivity contribution < 1.29 is 0 Å². The fourth-order valence-corrected chi connectivity index (χ4v) is 4.10. The van der Waals surface area contributed by atoms with Crippen LogP contribution >= 0.6 is 21.6 Å². The molecule has 0 aliphatic rings. The normalized spacial score (nSPS) is 18.0. The van der Waals surface area contributed by atoms with E-state index in [1.807, 2.05) is 21.6 Å². The minimum atomic E-state index is 0.412. The molecule has 0 saturated carbocycles. The number of rotatable bonds is 3. The van der Waals surface area contributed by atoms with Crippen LogP contribution in [0.4, 0.5) is 0 Å². The molecule has 0 bridgehead atoms. The summed E-state index contributed by atoms with van der Waals surface area (Å²) in [6.07, 6.45) is 0. The van der Waals surface area contributed by atoms with E-state index in [2.05, 4.69) is 55.4 Å². The molecule has 0 radical (unpaired) electrons. The van der Waals surface area contributed by atoms with Gasteiger partial charge in [-0.2, -0.15) is 0 Å². The van der Waals surface area contributed by atoms with Crippen LogP contribution in [0, 0.1) is 10.8 Å². The maximum absolute atomic E-state index is 2.33. The molecule has 0 nitrogen and oxygen atoms in total. The van der Waals surface area contributed by atoms with E-state index in [-0.39, 0.29) is 0 Å². The zero-order valence-corrected chi connectivity index (χ0v) is 12.6. The van der Waals surface area contributed by atoms with Gasteiger partial charge in [-0.05, 0) is 10.8 Å². The second-order valence-corrected chi connectivity index (χ2v) is 9.16. The van der Waals surface area contributed by atoms with Gasteiger partial charge in [0.25, 0.3) is 0 Å². The lowest BCUT2D eigenvalue weighted by atomic mass is 9.93. The van der Waals surface area contributed by atoms with Crippen LogP contribution in [0.1, 0.15) is 55.4 Å². The highest BCUT2D eigenvalue weighted by molar-refractivity contribution is 8.77. The zero-order valence-electron chi connectivity index (χ0n) is 11.0. The Bertz CT molecular complexity index is 142. The van der Waals surface area contributed by atoms with E-state index in [1.54, 1.807) is 0 Å². The molecular weight excluding hydrogens is 208 g/mol. The highest BCUT2D eigenvalue weighted by Gasteiger charge is 2.25. The molecule has 0 amide bonds. The molecule has 0 heterocycles. The van der Waals surface area contributed by atoms with Gasteiger partial charge in [0.1, 0.15) is 0 Å². The third-order valence-corrected chi connectivity index (χ3v) is 6.95. The molecule has 0 saturated heterocycles. The molecule has 0 aliphatic carbocycles. The molecule has 0 aromatic rings. The van der Waals surface area contributed by atoms with Gasteiger partial charge in [-0.15, -0.1) is 0 Å². The summed E-state index contributed by atoms with van der Waals surface area (Å²) < 4.78 is 0. The van der Waals surface area contributed by atoms with Crippen LogP contribution in [0.3, 0.4) is 0 Å². The van der Waals surface area contributed by atoms with Crippen molar-refractivity contribution in [3.8, 4) is 0 Å². The first kappa shape index (κ1) is 14.7. The van der Waals surface area contributed by atoms with E-state index in [9.17, 15) is 0 Å². The molecule has 0 aromatic carbocycles. The van der Waals surface area contributed by atoms with E-state index in [0.717, 1.165) is 0 Å². The van der Waals surface area contributed by atoms with E-state index in [1.165, 1.54) is 0 Å². The molecule has 0 rings (SSSR count).